The second-order valence-electron chi connectivity index (χ2n) is 5.50. The van der Waals surface area contributed by atoms with Crippen molar-refractivity contribution in [2.24, 2.45) is 5.41 Å². The van der Waals surface area contributed by atoms with Gasteiger partial charge in [-0.05, 0) is 31.2 Å². The first-order valence-electron chi connectivity index (χ1n) is 7.04. The van der Waals surface area contributed by atoms with E-state index in [-0.39, 0.29) is 12.7 Å². The Morgan fingerprint density at radius 2 is 1.95 bits per heavy atom. The average Bonchev–Trinajstić information content (AvgIpc) is 2.49. The van der Waals surface area contributed by atoms with Crippen LogP contribution in [0.1, 0.15) is 31.2 Å². The Balaban J connectivity index is 1.89. The van der Waals surface area contributed by atoms with E-state index >= 15 is 0 Å². The molecule has 0 radical (unpaired) electrons. The van der Waals surface area contributed by atoms with Gasteiger partial charge in [-0.15, -0.1) is 0 Å². The van der Waals surface area contributed by atoms with E-state index in [0.29, 0.717) is 19.4 Å². The number of aliphatic carboxylic acids is 1. The Hall–Kier alpha value is -1.39. The van der Waals surface area contributed by atoms with Gasteiger partial charge in [0.2, 0.25) is 0 Å². The minimum absolute atomic E-state index is 0.191. The zero-order chi connectivity index (χ0) is 14.4. The molecule has 1 aliphatic rings. The molecule has 4 nitrogen and oxygen atoms in total. The molecule has 1 saturated carbocycles. The lowest BCUT2D eigenvalue weighted by molar-refractivity contribution is -0.158. The van der Waals surface area contributed by atoms with Gasteiger partial charge >= 0.3 is 5.97 Å². The van der Waals surface area contributed by atoms with Crippen molar-refractivity contribution in [1.29, 1.82) is 0 Å². The fourth-order valence-electron chi connectivity index (χ4n) is 2.74. The number of carbonyl (C=O) groups is 1. The van der Waals surface area contributed by atoms with E-state index in [1.165, 1.54) is 0 Å². The molecular weight excluding hydrogens is 256 g/mol. The quantitative estimate of drug-likeness (QED) is 0.869. The van der Waals surface area contributed by atoms with Crippen molar-refractivity contribution in [1.82, 2.24) is 0 Å². The Kier molecular flexibility index (Phi) is 5.15. The highest BCUT2D eigenvalue weighted by molar-refractivity contribution is 5.75. The topological polar surface area (TPSA) is 55.8 Å². The Bertz CT molecular complexity index is 421. The summed E-state index contributed by atoms with van der Waals surface area (Å²) in [6, 6.07) is 9.82. The second kappa shape index (κ2) is 6.86. The van der Waals surface area contributed by atoms with Crippen LogP contribution < -0.4 is 0 Å². The van der Waals surface area contributed by atoms with Crippen LogP contribution in [-0.2, 0) is 20.9 Å². The summed E-state index contributed by atoms with van der Waals surface area (Å²) in [6.45, 7) is 0.733. The Morgan fingerprint density at radius 3 is 2.50 bits per heavy atom. The van der Waals surface area contributed by atoms with Gasteiger partial charge in [0, 0.05) is 7.11 Å². The fourth-order valence-corrected chi connectivity index (χ4v) is 2.74. The van der Waals surface area contributed by atoms with E-state index in [4.69, 9.17) is 9.47 Å². The highest BCUT2D eigenvalue weighted by atomic mass is 16.5. The van der Waals surface area contributed by atoms with Crippen LogP contribution in [0.25, 0.3) is 0 Å². The minimum Gasteiger partial charge on any atom is -0.481 e. The van der Waals surface area contributed by atoms with Crippen molar-refractivity contribution in [3.63, 3.8) is 0 Å². The molecule has 1 aromatic carbocycles. The van der Waals surface area contributed by atoms with Gasteiger partial charge in [0.05, 0.1) is 24.7 Å². The number of benzene rings is 1. The van der Waals surface area contributed by atoms with Gasteiger partial charge < -0.3 is 14.6 Å². The molecule has 0 aliphatic heterocycles. The van der Waals surface area contributed by atoms with Crippen molar-refractivity contribution in [2.75, 3.05) is 13.7 Å². The lowest BCUT2D eigenvalue weighted by Gasteiger charge is -2.36. The zero-order valence-electron chi connectivity index (χ0n) is 11.9. The van der Waals surface area contributed by atoms with Crippen molar-refractivity contribution in [2.45, 2.75) is 38.4 Å². The molecule has 0 spiro atoms. The summed E-state index contributed by atoms with van der Waals surface area (Å²) in [4.78, 5) is 11.6. The maximum absolute atomic E-state index is 11.6. The molecule has 20 heavy (non-hydrogen) atoms. The summed E-state index contributed by atoms with van der Waals surface area (Å²) in [5.74, 6) is -0.750. The van der Waals surface area contributed by atoms with E-state index in [1.54, 1.807) is 7.11 Å². The molecule has 1 aromatic rings. The van der Waals surface area contributed by atoms with Gasteiger partial charge in [0.25, 0.3) is 0 Å². The predicted molar refractivity (Wildman–Crippen MR) is 75.4 cm³/mol. The first kappa shape index (κ1) is 15.0. The summed E-state index contributed by atoms with van der Waals surface area (Å²) in [5, 5.41) is 9.52. The molecule has 4 heteroatoms. The third-order valence-electron chi connectivity index (χ3n) is 4.17. The zero-order valence-corrected chi connectivity index (χ0v) is 11.9. The Morgan fingerprint density at radius 1 is 1.30 bits per heavy atom. The van der Waals surface area contributed by atoms with Crippen LogP contribution in [0.15, 0.2) is 30.3 Å². The lowest BCUT2D eigenvalue weighted by atomic mass is 9.73. The molecule has 2 rings (SSSR count). The van der Waals surface area contributed by atoms with Crippen LogP contribution in [0.3, 0.4) is 0 Å². The number of rotatable bonds is 6. The van der Waals surface area contributed by atoms with Crippen LogP contribution >= 0.6 is 0 Å². The number of ether oxygens (including phenoxy) is 2. The standard InChI is InChI=1S/C16H22O4/c1-19-14-7-9-16(10-8-14,15(17)18)12-20-11-13-5-3-2-4-6-13/h2-6,14H,7-12H2,1H3,(H,17,18). The van der Waals surface area contributed by atoms with Crippen LogP contribution in [0.5, 0.6) is 0 Å². The van der Waals surface area contributed by atoms with Crippen molar-refractivity contribution < 1.29 is 19.4 Å². The molecule has 0 bridgehead atoms. The molecule has 1 N–H and O–H groups in total. The van der Waals surface area contributed by atoms with Crippen molar-refractivity contribution in [3.8, 4) is 0 Å². The molecule has 110 valence electrons. The van der Waals surface area contributed by atoms with Gasteiger partial charge in [-0.1, -0.05) is 30.3 Å². The van der Waals surface area contributed by atoms with E-state index in [2.05, 4.69) is 0 Å². The fraction of sp³-hybridized carbons (Fsp3) is 0.562. The first-order chi connectivity index (χ1) is 9.66. The number of hydrogen-bond donors (Lipinski definition) is 1. The Labute approximate surface area is 119 Å². The largest absolute Gasteiger partial charge is 0.481 e. The van der Waals surface area contributed by atoms with E-state index in [0.717, 1.165) is 18.4 Å². The number of methoxy groups -OCH3 is 1. The molecule has 0 heterocycles. The summed E-state index contributed by atoms with van der Waals surface area (Å²) < 4.78 is 11.0. The van der Waals surface area contributed by atoms with E-state index in [9.17, 15) is 9.90 Å². The lowest BCUT2D eigenvalue weighted by Crippen LogP contribution is -2.41. The molecule has 0 saturated heterocycles. The molecule has 1 aliphatic carbocycles. The summed E-state index contributed by atoms with van der Waals surface area (Å²) in [5.41, 5.74) is 0.322. The molecule has 0 unspecified atom stereocenters. The van der Waals surface area contributed by atoms with Crippen LogP contribution in [0.2, 0.25) is 0 Å². The number of carboxylic acids is 1. The SMILES string of the molecule is COC1CCC(COCc2ccccc2)(C(=O)O)CC1. The van der Waals surface area contributed by atoms with Gasteiger partial charge in [0.15, 0.2) is 0 Å². The van der Waals surface area contributed by atoms with Gasteiger partial charge in [0.1, 0.15) is 0 Å². The third-order valence-corrected chi connectivity index (χ3v) is 4.17. The number of hydrogen-bond acceptors (Lipinski definition) is 3. The number of carboxylic acid groups (broad SMARTS) is 1. The smallest absolute Gasteiger partial charge is 0.311 e. The predicted octanol–water partition coefficient (Wildman–Crippen LogP) is 2.86. The average molecular weight is 278 g/mol. The maximum Gasteiger partial charge on any atom is 0.311 e. The van der Waals surface area contributed by atoms with Crippen LogP contribution in [0, 0.1) is 5.41 Å². The molecular formula is C16H22O4. The maximum atomic E-state index is 11.6. The van der Waals surface area contributed by atoms with Crippen LogP contribution in [0.4, 0.5) is 0 Å². The summed E-state index contributed by atoms with van der Waals surface area (Å²) in [6.07, 6.45) is 3.01. The van der Waals surface area contributed by atoms with Gasteiger partial charge in [-0.25, -0.2) is 0 Å². The summed E-state index contributed by atoms with van der Waals surface area (Å²) >= 11 is 0. The molecule has 0 aromatic heterocycles. The van der Waals surface area contributed by atoms with Gasteiger partial charge in [-0.3, -0.25) is 4.79 Å². The van der Waals surface area contributed by atoms with Crippen molar-refractivity contribution >= 4 is 5.97 Å². The normalized spacial score (nSPS) is 26.4. The third kappa shape index (κ3) is 3.58. The minimum atomic E-state index is -0.750. The van der Waals surface area contributed by atoms with Crippen LogP contribution in [-0.4, -0.2) is 30.9 Å². The first-order valence-corrected chi connectivity index (χ1v) is 7.04. The van der Waals surface area contributed by atoms with Crippen molar-refractivity contribution in [3.05, 3.63) is 35.9 Å². The molecule has 0 atom stereocenters. The second-order valence-corrected chi connectivity index (χ2v) is 5.50. The monoisotopic (exact) mass is 278 g/mol. The van der Waals surface area contributed by atoms with E-state index in [1.807, 2.05) is 30.3 Å². The molecule has 1 fully saturated rings. The highest BCUT2D eigenvalue weighted by Crippen LogP contribution is 2.38. The van der Waals surface area contributed by atoms with E-state index < -0.39 is 11.4 Å². The van der Waals surface area contributed by atoms with Gasteiger partial charge in [-0.2, -0.15) is 0 Å². The summed E-state index contributed by atoms with van der Waals surface area (Å²) in [7, 11) is 1.68. The highest BCUT2D eigenvalue weighted by Gasteiger charge is 2.42. The molecule has 0 amide bonds.